The number of carbonyl (C=O) groups excluding carboxylic acids is 4. The Balaban J connectivity index is 0. The number of carbonyl (C=O) groups is 4. The van der Waals surface area contributed by atoms with Gasteiger partial charge in [0.2, 0.25) is 12.2 Å². The molecule has 7 N–H and O–H groups in total. The molecule has 1 aliphatic heterocycles. The zero-order valence-corrected chi connectivity index (χ0v) is 32.0. The van der Waals surface area contributed by atoms with Gasteiger partial charge in [-0.1, -0.05) is 52.7 Å². The van der Waals surface area contributed by atoms with Crippen molar-refractivity contribution in [3.05, 3.63) is 35.4 Å². The number of ether oxygens (including phenoxy) is 1. The van der Waals surface area contributed by atoms with Crippen LogP contribution in [0.25, 0.3) is 0 Å². The summed E-state index contributed by atoms with van der Waals surface area (Å²) in [7, 11) is 0. The maximum atomic E-state index is 10.8. The van der Waals surface area contributed by atoms with Crippen molar-refractivity contribution in [3.8, 4) is 0 Å². The highest BCUT2D eigenvalue weighted by Crippen LogP contribution is 2.47. The molecule has 0 amide bonds. The fourth-order valence-corrected chi connectivity index (χ4v) is 5.74. The van der Waals surface area contributed by atoms with Gasteiger partial charge in [0, 0.05) is 31.5 Å². The van der Waals surface area contributed by atoms with Crippen molar-refractivity contribution in [1.29, 1.82) is 0 Å². The molecule has 1 aromatic rings. The molecule has 0 aromatic heterocycles. The van der Waals surface area contributed by atoms with E-state index in [1.165, 1.54) is 0 Å². The number of fused-ring (bicyclic) bond motifs is 1. The van der Waals surface area contributed by atoms with E-state index in [-0.39, 0.29) is 62.7 Å². The van der Waals surface area contributed by atoms with Gasteiger partial charge in [-0.3, -0.25) is 9.59 Å². The largest absolute Gasteiger partial charge is 0.481 e. The van der Waals surface area contributed by atoms with Gasteiger partial charge in [0.25, 0.3) is 0 Å². The molecule has 16 nitrogen and oxygen atoms in total. The van der Waals surface area contributed by atoms with Crippen molar-refractivity contribution >= 4 is 36.0 Å². The van der Waals surface area contributed by atoms with Crippen LogP contribution in [-0.4, -0.2) is 117 Å². The molecule has 1 heterocycles. The number of hydrogen-bond acceptors (Lipinski definition) is 14. The molecular weight excluding hydrogens is 708 g/mol. The van der Waals surface area contributed by atoms with Crippen LogP contribution in [0.1, 0.15) is 125 Å². The van der Waals surface area contributed by atoms with Crippen LogP contribution >= 0.6 is 0 Å². The molecule has 1 aromatic carbocycles. The number of unbranched alkanes of at least 4 members (excludes halogenated alkanes) is 4. The molecular formula is C38H60N2O14. The first-order valence-electron chi connectivity index (χ1n) is 17.9. The van der Waals surface area contributed by atoms with Crippen molar-refractivity contribution in [2.75, 3.05) is 39.6 Å². The Labute approximate surface area is 317 Å². The molecule has 306 valence electrons. The second kappa shape index (κ2) is 29.2. The van der Waals surface area contributed by atoms with E-state index in [0.29, 0.717) is 36.9 Å². The number of isocyanates is 2. The molecule has 0 spiro atoms. The van der Waals surface area contributed by atoms with Gasteiger partial charge in [-0.05, 0) is 74.3 Å². The summed E-state index contributed by atoms with van der Waals surface area (Å²) in [4.78, 5) is 69.5. The lowest BCUT2D eigenvalue weighted by atomic mass is 9.63. The summed E-state index contributed by atoms with van der Waals surface area (Å²) in [6, 6.07) is 6.54. The zero-order valence-electron chi connectivity index (χ0n) is 32.0. The number of benzene rings is 1. The van der Waals surface area contributed by atoms with Crippen LogP contribution in [0.4, 0.5) is 0 Å². The van der Waals surface area contributed by atoms with E-state index < -0.39 is 29.3 Å². The van der Waals surface area contributed by atoms with Crippen LogP contribution < -0.4 is 0 Å². The first-order valence-corrected chi connectivity index (χ1v) is 17.9. The number of hydrogen-bond donors (Lipinski definition) is 7. The van der Waals surface area contributed by atoms with Gasteiger partial charge in [-0.2, -0.15) is 0 Å². The van der Waals surface area contributed by atoms with Crippen molar-refractivity contribution in [2.45, 2.75) is 111 Å². The maximum absolute atomic E-state index is 10.8. The monoisotopic (exact) mass is 768 g/mol. The third-order valence-corrected chi connectivity index (χ3v) is 8.59. The molecule has 1 aliphatic carbocycles. The molecule has 3 rings (SSSR count). The lowest BCUT2D eigenvalue weighted by Gasteiger charge is -2.44. The third-order valence-electron chi connectivity index (χ3n) is 8.59. The van der Waals surface area contributed by atoms with E-state index >= 15 is 0 Å². The van der Waals surface area contributed by atoms with Crippen LogP contribution in [0.3, 0.4) is 0 Å². The van der Waals surface area contributed by atoms with Crippen LogP contribution in [0.2, 0.25) is 0 Å². The normalized spacial score (nSPS) is 17.7. The van der Waals surface area contributed by atoms with E-state index in [4.69, 9.17) is 35.7 Å². The van der Waals surface area contributed by atoms with Gasteiger partial charge >= 0.3 is 23.9 Å². The van der Waals surface area contributed by atoms with Crippen molar-refractivity contribution < 1.29 is 69.2 Å². The SMILES string of the molecule is CC1(C)CC(N=C=O)CC(C)(CN=C=O)C1.CCC(CO)(CO)CO.O=C(O)CCCCC(=O)O.O=C1OC(=O)c2ccccc21.OCCCCCCO. The van der Waals surface area contributed by atoms with Gasteiger partial charge < -0.3 is 40.5 Å². The number of nitrogens with zero attached hydrogens (tertiary/aromatic N) is 2. The number of carboxylic acids is 2. The molecule has 1 saturated carbocycles. The second-order valence-corrected chi connectivity index (χ2v) is 14.2. The molecule has 2 unspecified atom stereocenters. The van der Waals surface area contributed by atoms with Gasteiger partial charge in [-0.25, -0.2) is 29.2 Å². The van der Waals surface area contributed by atoms with E-state index in [9.17, 15) is 28.8 Å². The molecule has 54 heavy (non-hydrogen) atoms. The minimum atomic E-state index is -0.870. The fraction of sp³-hybridized carbons (Fsp3) is 0.684. The van der Waals surface area contributed by atoms with Gasteiger partial charge in [0.05, 0.1) is 43.5 Å². The summed E-state index contributed by atoms with van der Waals surface area (Å²) in [5.74, 6) is -2.84. The van der Waals surface area contributed by atoms with E-state index in [1.54, 1.807) is 36.4 Å². The summed E-state index contributed by atoms with van der Waals surface area (Å²) >= 11 is 0. The highest BCUT2D eigenvalue weighted by Gasteiger charge is 2.41. The molecule has 2 aliphatic rings. The summed E-state index contributed by atoms with van der Waals surface area (Å²) < 4.78 is 4.35. The number of aliphatic carboxylic acids is 2. The Morgan fingerprint density at radius 3 is 1.57 bits per heavy atom. The predicted molar refractivity (Wildman–Crippen MR) is 197 cm³/mol. The number of carboxylic acid groups (broad SMARTS) is 2. The Hall–Kier alpha value is -4.14. The number of aliphatic imine (C=N–C) groups is 2. The summed E-state index contributed by atoms with van der Waals surface area (Å²) in [5.41, 5.74) is 0.107. The quantitative estimate of drug-likeness (QED) is 0.0390. The molecule has 0 saturated heterocycles. The summed E-state index contributed by atoms with van der Waals surface area (Å²) in [5, 5.41) is 58.8. The molecule has 0 radical (unpaired) electrons. The van der Waals surface area contributed by atoms with E-state index in [0.717, 1.165) is 44.9 Å². The lowest BCUT2D eigenvalue weighted by Crippen LogP contribution is -2.39. The predicted octanol–water partition coefficient (Wildman–Crippen LogP) is 3.85. The van der Waals surface area contributed by atoms with Crippen LogP contribution in [0, 0.1) is 16.2 Å². The third kappa shape index (κ3) is 23.5. The second-order valence-electron chi connectivity index (χ2n) is 14.2. The minimum Gasteiger partial charge on any atom is -0.481 e. The lowest BCUT2D eigenvalue weighted by molar-refractivity contribution is -0.139. The van der Waals surface area contributed by atoms with Gasteiger partial charge in [0.1, 0.15) is 0 Å². The topological polar surface area (TPSA) is 278 Å². The molecule has 2 atom stereocenters. The highest BCUT2D eigenvalue weighted by atomic mass is 16.6. The Kier molecular flexibility index (Phi) is 28.1. The van der Waals surface area contributed by atoms with Crippen LogP contribution in [-0.2, 0) is 23.9 Å². The van der Waals surface area contributed by atoms with Crippen molar-refractivity contribution in [3.63, 3.8) is 0 Å². The number of cyclic esters (lactones) is 2. The highest BCUT2D eigenvalue weighted by molar-refractivity contribution is 6.14. The van der Waals surface area contributed by atoms with E-state index in [1.807, 2.05) is 6.92 Å². The average molecular weight is 769 g/mol. The smallest absolute Gasteiger partial charge is 0.346 e. The Morgan fingerprint density at radius 2 is 1.24 bits per heavy atom. The van der Waals surface area contributed by atoms with Crippen molar-refractivity contribution in [2.24, 2.45) is 26.2 Å². The number of rotatable bonds is 17. The Bertz CT molecular complexity index is 1280. The van der Waals surface area contributed by atoms with Crippen LogP contribution in [0.15, 0.2) is 34.3 Å². The average Bonchev–Trinajstić information content (AvgIpc) is 3.42. The van der Waals surface area contributed by atoms with E-state index in [2.05, 4.69) is 35.5 Å². The van der Waals surface area contributed by atoms with Gasteiger partial charge in [0.15, 0.2) is 0 Å². The summed E-state index contributed by atoms with van der Waals surface area (Å²) in [6.45, 7) is 8.78. The molecule has 0 bridgehead atoms. The molecule has 1 fully saturated rings. The maximum Gasteiger partial charge on any atom is 0.346 e. The first kappa shape index (κ1) is 52.0. The standard InChI is InChI=1S/C12H18N2O2.C8H4O3.C6H10O4.C6H14O3.C6H14O2/c1-11(2)4-10(14-9-16)5-12(3,6-11)7-13-8-15;9-7-5-3-1-2-4-6(5)8(10)11-7;7-5(8)3-1-2-4-6(9)10;1-2-6(3-7,4-8)5-9;7-5-3-1-2-4-6-8/h10H,4-7H2,1-3H3;1-4H;1-4H2,(H,7,8)(H,9,10);7-9H,2-5H2,1H3;7-8H,1-6H2. The fourth-order valence-electron chi connectivity index (χ4n) is 5.74. The Morgan fingerprint density at radius 1 is 0.778 bits per heavy atom. The zero-order chi connectivity index (χ0) is 41.6. The minimum absolute atomic E-state index is 0.00750. The van der Waals surface area contributed by atoms with Crippen molar-refractivity contribution in [1.82, 2.24) is 0 Å². The first-order chi connectivity index (χ1) is 25.5. The summed E-state index contributed by atoms with van der Waals surface area (Å²) in [6.07, 6.45) is 11.3. The van der Waals surface area contributed by atoms with Crippen LogP contribution in [0.5, 0.6) is 0 Å². The molecule has 16 heteroatoms. The number of aliphatic hydroxyl groups excluding tert-OH is 5. The van der Waals surface area contributed by atoms with Gasteiger partial charge in [-0.15, -0.1) is 0 Å². The number of aliphatic hydroxyl groups is 5. The number of esters is 2.